The molecule has 1 amide bonds. The second-order valence-electron chi connectivity index (χ2n) is 4.30. The number of sulfonamides is 1. The van der Waals surface area contributed by atoms with Crippen LogP contribution in [0.1, 0.15) is 18.5 Å². The average Bonchev–Trinajstić information content (AvgIpc) is 3.10. The first-order valence-electron chi connectivity index (χ1n) is 5.80. The predicted molar refractivity (Wildman–Crippen MR) is 72.8 cm³/mol. The normalized spacial score (nSPS) is 15.5. The Morgan fingerprint density at radius 1 is 1.47 bits per heavy atom. The third-order valence-corrected chi connectivity index (χ3v) is 5.97. The molecule has 0 saturated heterocycles. The van der Waals surface area contributed by atoms with Crippen molar-refractivity contribution >= 4 is 38.9 Å². The van der Waals surface area contributed by atoms with Gasteiger partial charge in [-0.25, -0.2) is 18.1 Å². The molecule has 6 nitrogen and oxygen atoms in total. The molecule has 1 fully saturated rings. The van der Waals surface area contributed by atoms with E-state index in [9.17, 15) is 13.2 Å². The molecule has 2 rings (SSSR count). The largest absolute Gasteiger partial charge is 0.355 e. The van der Waals surface area contributed by atoms with Crippen LogP contribution in [0.4, 0.5) is 0 Å². The molecular formula is C10H14ClN3O3S2. The molecule has 1 aromatic heterocycles. The Morgan fingerprint density at radius 3 is 2.68 bits per heavy atom. The smallest absolute Gasteiger partial charge is 0.252 e. The Labute approximate surface area is 120 Å². The summed E-state index contributed by atoms with van der Waals surface area (Å²) in [4.78, 5) is 15.2. The van der Waals surface area contributed by atoms with Crippen molar-refractivity contribution in [3.8, 4) is 0 Å². The molecule has 2 N–H and O–H groups in total. The van der Waals surface area contributed by atoms with Crippen LogP contribution in [0.25, 0.3) is 0 Å². The lowest BCUT2D eigenvalue weighted by Gasteiger charge is -2.06. The van der Waals surface area contributed by atoms with Gasteiger partial charge in [-0.1, -0.05) is 22.9 Å². The van der Waals surface area contributed by atoms with Crippen LogP contribution in [0.2, 0.25) is 4.47 Å². The minimum atomic E-state index is -3.60. The number of aryl methyl sites for hydroxylation is 1. The number of carbonyl (C=O) groups is 1. The zero-order valence-electron chi connectivity index (χ0n) is 10.3. The average molecular weight is 324 g/mol. The van der Waals surface area contributed by atoms with Gasteiger partial charge < -0.3 is 5.32 Å². The van der Waals surface area contributed by atoms with Crippen LogP contribution in [0.5, 0.6) is 0 Å². The summed E-state index contributed by atoms with van der Waals surface area (Å²) in [7, 11) is -3.60. The van der Waals surface area contributed by atoms with Crippen molar-refractivity contribution < 1.29 is 13.2 Å². The van der Waals surface area contributed by atoms with Crippen LogP contribution < -0.4 is 10.0 Å². The van der Waals surface area contributed by atoms with Crippen molar-refractivity contribution in [2.75, 3.05) is 13.1 Å². The second-order valence-corrected chi connectivity index (χ2v) is 7.85. The Balaban J connectivity index is 1.84. The molecule has 0 radical (unpaired) electrons. The van der Waals surface area contributed by atoms with Crippen LogP contribution in [-0.2, 0) is 14.8 Å². The maximum atomic E-state index is 11.9. The van der Waals surface area contributed by atoms with Crippen LogP contribution in [0.3, 0.4) is 0 Å². The van der Waals surface area contributed by atoms with Gasteiger partial charge in [0, 0.05) is 19.0 Å². The Kier molecular flexibility index (Phi) is 4.44. The summed E-state index contributed by atoms with van der Waals surface area (Å²) in [6, 6.07) is 0. The van der Waals surface area contributed by atoms with E-state index in [1.807, 2.05) is 0 Å². The number of hydrogen-bond donors (Lipinski definition) is 2. The highest BCUT2D eigenvalue weighted by Gasteiger charge is 2.29. The molecule has 1 saturated carbocycles. The summed E-state index contributed by atoms with van der Waals surface area (Å²) in [5.41, 5.74) is 0.379. The third-order valence-electron chi connectivity index (χ3n) is 2.64. The number of carbonyl (C=O) groups excluding carboxylic acids is 1. The zero-order chi connectivity index (χ0) is 14.0. The summed E-state index contributed by atoms with van der Waals surface area (Å²) >= 11 is 6.59. The van der Waals surface area contributed by atoms with Gasteiger partial charge in [0.25, 0.3) is 10.0 Å². The Bertz CT molecular complexity index is 581. The fraction of sp³-hybridized carbons (Fsp3) is 0.600. The summed E-state index contributed by atoms with van der Waals surface area (Å²) in [5, 5.41) is 2.68. The van der Waals surface area contributed by atoms with E-state index in [0.717, 1.165) is 24.2 Å². The van der Waals surface area contributed by atoms with Crippen LogP contribution >= 0.6 is 22.9 Å². The van der Waals surface area contributed by atoms with Crippen molar-refractivity contribution in [1.29, 1.82) is 0 Å². The van der Waals surface area contributed by atoms with Gasteiger partial charge in [0.1, 0.15) is 0 Å². The van der Waals surface area contributed by atoms with E-state index >= 15 is 0 Å². The lowest BCUT2D eigenvalue weighted by molar-refractivity contribution is -0.122. The highest BCUT2D eigenvalue weighted by molar-refractivity contribution is 7.91. The molecule has 1 aliphatic carbocycles. The lowest BCUT2D eigenvalue weighted by Crippen LogP contribution is -2.35. The molecule has 0 atom stereocenters. The van der Waals surface area contributed by atoms with E-state index < -0.39 is 10.0 Å². The van der Waals surface area contributed by atoms with E-state index in [1.165, 1.54) is 0 Å². The third kappa shape index (κ3) is 3.88. The molecule has 9 heteroatoms. The first-order chi connectivity index (χ1) is 8.90. The molecule has 1 aromatic rings. The van der Waals surface area contributed by atoms with Crippen molar-refractivity contribution in [1.82, 2.24) is 15.0 Å². The van der Waals surface area contributed by atoms with Gasteiger partial charge in [0.05, 0.1) is 5.69 Å². The number of thiazole rings is 1. The molecule has 1 heterocycles. The van der Waals surface area contributed by atoms with Crippen LogP contribution in [0.15, 0.2) is 4.21 Å². The lowest BCUT2D eigenvalue weighted by atomic mass is 10.4. The molecule has 106 valence electrons. The monoisotopic (exact) mass is 323 g/mol. The van der Waals surface area contributed by atoms with E-state index in [2.05, 4.69) is 15.0 Å². The highest BCUT2D eigenvalue weighted by Crippen LogP contribution is 2.28. The minimum absolute atomic E-state index is 0.00351. The summed E-state index contributed by atoms with van der Waals surface area (Å²) in [6.45, 7) is 2.02. The molecule has 0 unspecified atom stereocenters. The summed E-state index contributed by atoms with van der Waals surface area (Å²) in [5.74, 6) is 0.121. The Morgan fingerprint density at radius 2 is 2.16 bits per heavy atom. The van der Waals surface area contributed by atoms with Crippen molar-refractivity contribution in [3.63, 3.8) is 0 Å². The quantitative estimate of drug-likeness (QED) is 0.762. The van der Waals surface area contributed by atoms with Crippen LogP contribution in [-0.4, -0.2) is 32.4 Å². The standard InChI is InChI=1S/C10H14ClN3O3S2/c1-6-9(18-10(11)14-6)19(16,17)13-5-4-12-8(15)7-2-3-7/h7,13H,2-5H2,1H3,(H,12,15). The fourth-order valence-corrected chi connectivity index (χ4v) is 4.34. The number of nitrogens with one attached hydrogen (secondary N) is 2. The number of halogens is 1. The first kappa shape index (κ1) is 14.7. The Hall–Kier alpha value is -0.700. The predicted octanol–water partition coefficient (Wildman–Crippen LogP) is 0.909. The summed E-state index contributed by atoms with van der Waals surface area (Å²) in [6.07, 6.45) is 1.85. The van der Waals surface area contributed by atoms with Crippen molar-refractivity contribution in [2.45, 2.75) is 24.0 Å². The molecule has 1 aliphatic rings. The highest BCUT2D eigenvalue weighted by atomic mass is 35.5. The SMILES string of the molecule is Cc1nc(Cl)sc1S(=O)(=O)NCCNC(=O)C1CC1. The van der Waals surface area contributed by atoms with Crippen molar-refractivity contribution in [3.05, 3.63) is 10.2 Å². The molecule has 0 spiro atoms. The fourth-order valence-electron chi connectivity index (χ4n) is 1.53. The van der Waals surface area contributed by atoms with Crippen LogP contribution in [0, 0.1) is 12.8 Å². The molecule has 0 bridgehead atoms. The van der Waals surface area contributed by atoms with Gasteiger partial charge in [0.15, 0.2) is 8.68 Å². The van der Waals surface area contributed by atoms with E-state index in [-0.39, 0.29) is 33.6 Å². The first-order valence-corrected chi connectivity index (χ1v) is 8.48. The van der Waals surface area contributed by atoms with Gasteiger partial charge in [-0.05, 0) is 19.8 Å². The van der Waals surface area contributed by atoms with Gasteiger partial charge in [-0.2, -0.15) is 0 Å². The molecular weight excluding hydrogens is 310 g/mol. The van der Waals surface area contributed by atoms with Crippen molar-refractivity contribution in [2.24, 2.45) is 5.92 Å². The number of amides is 1. The van der Waals surface area contributed by atoms with Gasteiger partial charge in [-0.3, -0.25) is 4.79 Å². The summed E-state index contributed by atoms with van der Waals surface area (Å²) < 4.78 is 26.6. The minimum Gasteiger partial charge on any atom is -0.355 e. The molecule has 0 aliphatic heterocycles. The molecule has 0 aromatic carbocycles. The van der Waals surface area contributed by atoms with Gasteiger partial charge in [0.2, 0.25) is 5.91 Å². The maximum Gasteiger partial charge on any atom is 0.252 e. The van der Waals surface area contributed by atoms with Gasteiger partial charge in [-0.15, -0.1) is 0 Å². The number of aromatic nitrogens is 1. The van der Waals surface area contributed by atoms with E-state index in [0.29, 0.717) is 5.69 Å². The second kappa shape index (κ2) is 5.74. The van der Waals surface area contributed by atoms with E-state index in [4.69, 9.17) is 11.6 Å². The zero-order valence-corrected chi connectivity index (χ0v) is 12.7. The number of rotatable bonds is 6. The van der Waals surface area contributed by atoms with E-state index in [1.54, 1.807) is 6.92 Å². The molecule has 19 heavy (non-hydrogen) atoms. The van der Waals surface area contributed by atoms with Gasteiger partial charge >= 0.3 is 0 Å². The number of nitrogens with zero attached hydrogens (tertiary/aromatic N) is 1. The number of hydrogen-bond acceptors (Lipinski definition) is 5. The maximum absolute atomic E-state index is 11.9. The topological polar surface area (TPSA) is 88.2 Å².